The predicted octanol–water partition coefficient (Wildman–Crippen LogP) is 2.02. The number of nitrogens with one attached hydrogen (secondary N) is 2. The zero-order chi connectivity index (χ0) is 17.2. The number of anilines is 1. The van der Waals surface area contributed by atoms with Crippen molar-refractivity contribution in [2.45, 2.75) is 6.54 Å². The van der Waals surface area contributed by atoms with Gasteiger partial charge < -0.3 is 9.40 Å². The second kappa shape index (κ2) is 6.08. The molecule has 124 valence electrons. The predicted molar refractivity (Wildman–Crippen MR) is 90.9 cm³/mol. The number of amides is 1. The third-order valence-corrected chi connectivity index (χ3v) is 3.57. The largest absolute Gasteiger partial charge is 0.437 e. The van der Waals surface area contributed by atoms with E-state index in [1.54, 1.807) is 12.1 Å². The molecule has 0 saturated carbocycles. The summed E-state index contributed by atoms with van der Waals surface area (Å²) in [5.74, 6) is -0.652. The summed E-state index contributed by atoms with van der Waals surface area (Å²) in [6.45, 7) is -0.272. The first-order valence-corrected chi connectivity index (χ1v) is 7.57. The minimum atomic E-state index is -0.696. The van der Waals surface area contributed by atoms with Gasteiger partial charge in [0.25, 0.3) is 0 Å². The average Bonchev–Trinajstić information content (AvgIpc) is 3.18. The minimum Gasteiger partial charge on any atom is -0.388 e. The van der Waals surface area contributed by atoms with Crippen LogP contribution in [0.4, 0.5) is 5.95 Å². The van der Waals surface area contributed by atoms with E-state index in [1.807, 2.05) is 42.5 Å². The summed E-state index contributed by atoms with van der Waals surface area (Å²) in [5.41, 5.74) is 2.21. The molecule has 1 amide bonds. The number of fused-ring (bicyclic) bond motifs is 1. The number of hydrogen-bond donors (Lipinski definition) is 2. The van der Waals surface area contributed by atoms with Crippen LogP contribution in [0.15, 0.2) is 63.8 Å². The quantitative estimate of drug-likeness (QED) is 0.593. The van der Waals surface area contributed by atoms with Crippen molar-refractivity contribution in [3.63, 3.8) is 0 Å². The van der Waals surface area contributed by atoms with Gasteiger partial charge in [0.05, 0.1) is 11.0 Å². The van der Waals surface area contributed by atoms with E-state index >= 15 is 0 Å². The molecule has 2 aromatic carbocycles. The van der Waals surface area contributed by atoms with Crippen LogP contribution in [0.3, 0.4) is 0 Å². The maximum atomic E-state index is 12.1. The van der Waals surface area contributed by atoms with Crippen LogP contribution in [0.2, 0.25) is 0 Å². The second-order valence-corrected chi connectivity index (χ2v) is 5.35. The molecule has 0 spiro atoms. The van der Waals surface area contributed by atoms with Gasteiger partial charge in [-0.25, -0.2) is 9.78 Å². The molecule has 0 aliphatic carbocycles. The first-order valence-electron chi connectivity index (χ1n) is 7.57. The van der Waals surface area contributed by atoms with Crippen molar-refractivity contribution in [1.82, 2.24) is 19.7 Å². The number of carbonyl (C=O) groups is 1. The number of H-pyrrole nitrogens is 1. The van der Waals surface area contributed by atoms with E-state index in [4.69, 9.17) is 4.42 Å². The van der Waals surface area contributed by atoms with Crippen molar-refractivity contribution in [1.29, 1.82) is 0 Å². The highest BCUT2D eigenvalue weighted by atomic mass is 16.4. The van der Waals surface area contributed by atoms with Gasteiger partial charge in [-0.3, -0.25) is 10.1 Å². The first kappa shape index (κ1) is 14.9. The molecule has 2 heterocycles. The number of aromatic amines is 1. The first-order chi connectivity index (χ1) is 12.2. The van der Waals surface area contributed by atoms with Crippen molar-refractivity contribution in [3.8, 4) is 11.5 Å². The summed E-state index contributed by atoms with van der Waals surface area (Å²) in [4.78, 5) is 31.3. The normalized spacial score (nSPS) is 10.9. The van der Waals surface area contributed by atoms with Gasteiger partial charge in [0.15, 0.2) is 0 Å². The monoisotopic (exact) mass is 335 g/mol. The smallest absolute Gasteiger partial charge is 0.388 e. The van der Waals surface area contributed by atoms with Crippen molar-refractivity contribution < 1.29 is 9.21 Å². The Balaban J connectivity index is 1.51. The third kappa shape index (κ3) is 3.05. The maximum Gasteiger partial charge on any atom is 0.437 e. The van der Waals surface area contributed by atoms with E-state index in [1.165, 1.54) is 0 Å². The molecule has 0 unspecified atom stereocenters. The highest BCUT2D eigenvalue weighted by Crippen LogP contribution is 2.15. The van der Waals surface area contributed by atoms with E-state index in [2.05, 4.69) is 20.4 Å². The van der Waals surface area contributed by atoms with Gasteiger partial charge in [-0.05, 0) is 24.3 Å². The molecule has 0 fully saturated rings. The number of rotatable bonds is 4. The Morgan fingerprint density at radius 1 is 1.12 bits per heavy atom. The van der Waals surface area contributed by atoms with Crippen molar-refractivity contribution >= 4 is 22.9 Å². The van der Waals surface area contributed by atoms with Crippen LogP contribution in [0, 0.1) is 0 Å². The van der Waals surface area contributed by atoms with Gasteiger partial charge >= 0.3 is 5.76 Å². The van der Waals surface area contributed by atoms with Crippen molar-refractivity contribution in [2.24, 2.45) is 0 Å². The number of aromatic nitrogens is 4. The molecule has 0 aliphatic rings. The van der Waals surface area contributed by atoms with E-state index in [0.29, 0.717) is 11.5 Å². The molecule has 8 nitrogen and oxygen atoms in total. The summed E-state index contributed by atoms with van der Waals surface area (Å²) < 4.78 is 6.07. The Labute approximate surface area is 141 Å². The van der Waals surface area contributed by atoms with E-state index in [-0.39, 0.29) is 12.4 Å². The molecule has 0 bridgehead atoms. The van der Waals surface area contributed by atoms with Gasteiger partial charge in [-0.2, -0.15) is 4.68 Å². The topological polar surface area (TPSA) is 106 Å². The summed E-state index contributed by atoms with van der Waals surface area (Å²) >= 11 is 0. The lowest BCUT2D eigenvalue weighted by molar-refractivity contribution is -0.117. The minimum absolute atomic E-state index is 0.169. The van der Waals surface area contributed by atoms with Crippen LogP contribution >= 0.6 is 0 Å². The molecule has 4 rings (SSSR count). The number of para-hydroxylation sites is 2. The van der Waals surface area contributed by atoms with Gasteiger partial charge in [0, 0.05) is 5.56 Å². The number of benzene rings is 2. The second-order valence-electron chi connectivity index (χ2n) is 5.35. The fourth-order valence-corrected chi connectivity index (χ4v) is 2.42. The Morgan fingerprint density at radius 2 is 1.88 bits per heavy atom. The van der Waals surface area contributed by atoms with Crippen LogP contribution in [0.1, 0.15) is 0 Å². The van der Waals surface area contributed by atoms with Crippen LogP contribution < -0.4 is 11.1 Å². The van der Waals surface area contributed by atoms with E-state index < -0.39 is 11.7 Å². The molecule has 2 aromatic heterocycles. The lowest BCUT2D eigenvalue weighted by atomic mass is 10.2. The van der Waals surface area contributed by atoms with Gasteiger partial charge in [0.2, 0.25) is 17.7 Å². The molecule has 0 saturated heterocycles. The highest BCUT2D eigenvalue weighted by molar-refractivity contribution is 5.90. The van der Waals surface area contributed by atoms with Crippen molar-refractivity contribution in [3.05, 3.63) is 65.1 Å². The summed E-state index contributed by atoms with van der Waals surface area (Å²) in [5, 5.41) is 6.66. The molecule has 4 aromatic rings. The molecule has 25 heavy (non-hydrogen) atoms. The standard InChI is InChI=1S/C17H13N5O3/c23-14(20-16-18-12-8-4-5-9-13(12)19-16)10-22-17(24)25-15(21-22)11-6-2-1-3-7-11/h1-9H,10H2,(H2,18,19,20,23). The van der Waals surface area contributed by atoms with Crippen LogP contribution in [-0.2, 0) is 11.3 Å². The Bertz CT molecular complexity index is 1060. The summed E-state index contributed by atoms with van der Waals surface area (Å²) in [7, 11) is 0. The molecule has 0 radical (unpaired) electrons. The molecular formula is C17H13N5O3. The molecule has 8 heteroatoms. The number of carbonyl (C=O) groups excluding carboxylic acids is 1. The maximum absolute atomic E-state index is 12.1. The SMILES string of the molecule is O=C(Cn1nc(-c2ccccc2)oc1=O)Nc1nc2ccccc2[nH]1. The third-order valence-electron chi connectivity index (χ3n) is 3.57. The lowest BCUT2D eigenvalue weighted by Gasteiger charge is -2.00. The molecule has 2 N–H and O–H groups in total. The number of nitrogens with zero attached hydrogens (tertiary/aromatic N) is 3. The van der Waals surface area contributed by atoms with Crippen LogP contribution in [0.25, 0.3) is 22.5 Å². The van der Waals surface area contributed by atoms with Gasteiger partial charge in [-0.15, -0.1) is 5.10 Å². The van der Waals surface area contributed by atoms with Gasteiger partial charge in [-0.1, -0.05) is 30.3 Å². The Hall–Kier alpha value is -3.68. The van der Waals surface area contributed by atoms with Crippen LogP contribution in [-0.4, -0.2) is 25.7 Å². The number of imidazole rings is 1. The van der Waals surface area contributed by atoms with E-state index in [9.17, 15) is 9.59 Å². The summed E-state index contributed by atoms with van der Waals surface area (Å²) in [6.07, 6.45) is 0. The lowest BCUT2D eigenvalue weighted by Crippen LogP contribution is -2.26. The zero-order valence-corrected chi connectivity index (χ0v) is 13.0. The Morgan fingerprint density at radius 3 is 2.68 bits per heavy atom. The molecular weight excluding hydrogens is 322 g/mol. The number of hydrogen-bond acceptors (Lipinski definition) is 5. The average molecular weight is 335 g/mol. The highest BCUT2D eigenvalue weighted by Gasteiger charge is 2.14. The van der Waals surface area contributed by atoms with Gasteiger partial charge in [0.1, 0.15) is 6.54 Å². The Kier molecular flexibility index (Phi) is 3.62. The summed E-state index contributed by atoms with van der Waals surface area (Å²) in [6, 6.07) is 16.4. The molecule has 0 aliphatic heterocycles. The van der Waals surface area contributed by atoms with E-state index in [0.717, 1.165) is 15.7 Å². The van der Waals surface area contributed by atoms with Crippen LogP contribution in [0.5, 0.6) is 0 Å². The zero-order valence-electron chi connectivity index (χ0n) is 13.0. The van der Waals surface area contributed by atoms with Crippen molar-refractivity contribution in [2.75, 3.05) is 5.32 Å². The fraction of sp³-hybridized carbons (Fsp3) is 0.0588. The fourth-order valence-electron chi connectivity index (χ4n) is 2.42. The molecule has 0 atom stereocenters.